The van der Waals surface area contributed by atoms with Crippen molar-refractivity contribution in [3.05, 3.63) is 88.0 Å². The van der Waals surface area contributed by atoms with Gasteiger partial charge in [-0.2, -0.15) is 0 Å². The Bertz CT molecular complexity index is 998. The van der Waals surface area contributed by atoms with E-state index in [2.05, 4.69) is 0 Å². The summed E-state index contributed by atoms with van der Waals surface area (Å²) in [6, 6.07) is 11.7. The van der Waals surface area contributed by atoms with Gasteiger partial charge in [0.1, 0.15) is 6.10 Å². The molecule has 0 saturated heterocycles. The van der Waals surface area contributed by atoms with Gasteiger partial charge < -0.3 is 9.84 Å². The van der Waals surface area contributed by atoms with Gasteiger partial charge in [-0.1, -0.05) is 35.9 Å². The quantitative estimate of drug-likeness (QED) is 0.662. The minimum Gasteiger partial charge on any atom is -0.478 e. The molecule has 27 heavy (non-hydrogen) atoms. The lowest BCUT2D eigenvalue weighted by Crippen LogP contribution is -2.20. The number of hydrogen-bond donors (Lipinski definition) is 1. The second-order valence-electron chi connectivity index (χ2n) is 6.36. The number of carbonyl (C=O) groups excluding carboxylic acids is 2. The summed E-state index contributed by atoms with van der Waals surface area (Å²) in [6.45, 7) is 3.92. The summed E-state index contributed by atoms with van der Waals surface area (Å²) in [4.78, 5) is 36.0. The predicted octanol–water partition coefficient (Wildman–Crippen LogP) is 3.75. The number of esters is 1. The number of carboxylic acid groups (broad SMARTS) is 1. The van der Waals surface area contributed by atoms with Crippen LogP contribution < -0.4 is 0 Å². The molecule has 0 amide bonds. The molecular weight excluding hydrogens is 344 g/mol. The average Bonchev–Trinajstić information content (AvgIpc) is 2.97. The Balaban J connectivity index is 1.89. The first-order chi connectivity index (χ1) is 12.9. The molecule has 0 fully saturated rings. The van der Waals surface area contributed by atoms with E-state index in [1.165, 1.54) is 30.4 Å². The molecule has 0 spiro atoms. The zero-order valence-electron chi connectivity index (χ0n) is 14.9. The highest BCUT2D eigenvalue weighted by Crippen LogP contribution is 2.24. The summed E-state index contributed by atoms with van der Waals surface area (Å²) < 4.78 is 5.43. The third-order valence-corrected chi connectivity index (χ3v) is 4.36. The van der Waals surface area contributed by atoms with Crippen molar-refractivity contribution in [2.75, 3.05) is 0 Å². The van der Waals surface area contributed by atoms with Crippen molar-refractivity contribution >= 4 is 23.8 Å². The maximum Gasteiger partial charge on any atom is 0.339 e. The van der Waals surface area contributed by atoms with Gasteiger partial charge in [-0.05, 0) is 55.3 Å². The fourth-order valence-corrected chi connectivity index (χ4v) is 2.95. The second kappa shape index (κ2) is 7.41. The van der Waals surface area contributed by atoms with E-state index in [0.29, 0.717) is 5.57 Å². The zero-order chi connectivity index (χ0) is 19.6. The highest BCUT2D eigenvalue weighted by atomic mass is 16.5. The van der Waals surface area contributed by atoms with Crippen LogP contribution >= 0.6 is 0 Å². The van der Waals surface area contributed by atoms with Crippen molar-refractivity contribution in [1.29, 1.82) is 0 Å². The first-order valence-corrected chi connectivity index (χ1v) is 8.41. The summed E-state index contributed by atoms with van der Waals surface area (Å²) in [6.07, 6.45) is 3.71. The lowest BCUT2D eigenvalue weighted by Gasteiger charge is -2.14. The van der Waals surface area contributed by atoms with E-state index in [0.717, 1.165) is 16.7 Å². The van der Waals surface area contributed by atoms with Crippen molar-refractivity contribution in [1.82, 2.24) is 0 Å². The number of benzene rings is 2. The number of carbonyl (C=O) groups is 3. The molecule has 0 bridgehead atoms. The molecule has 0 aliphatic heterocycles. The van der Waals surface area contributed by atoms with Gasteiger partial charge in [-0.15, -0.1) is 0 Å². The fraction of sp³-hybridized carbons (Fsp3) is 0.136. The van der Waals surface area contributed by atoms with Crippen LogP contribution in [0.4, 0.5) is 0 Å². The van der Waals surface area contributed by atoms with Crippen LogP contribution in [0.25, 0.3) is 6.08 Å². The van der Waals surface area contributed by atoms with Crippen LogP contribution in [0.3, 0.4) is 0 Å². The number of ether oxygens (including phenoxy) is 1. The fourth-order valence-electron chi connectivity index (χ4n) is 2.95. The summed E-state index contributed by atoms with van der Waals surface area (Å²) >= 11 is 0. The first-order valence-electron chi connectivity index (χ1n) is 8.41. The summed E-state index contributed by atoms with van der Waals surface area (Å²) in [5, 5.41) is 9.23. The van der Waals surface area contributed by atoms with Crippen LogP contribution in [-0.2, 0) is 9.53 Å². The molecule has 5 nitrogen and oxygen atoms in total. The lowest BCUT2D eigenvalue weighted by atomic mass is 10.0. The molecule has 0 aromatic heterocycles. The Hall–Kier alpha value is -3.47. The van der Waals surface area contributed by atoms with E-state index in [-0.39, 0.29) is 16.9 Å². The van der Waals surface area contributed by atoms with Gasteiger partial charge in [0.05, 0.1) is 11.1 Å². The van der Waals surface area contributed by atoms with E-state index in [1.807, 2.05) is 32.0 Å². The van der Waals surface area contributed by atoms with Gasteiger partial charge >= 0.3 is 11.9 Å². The number of ketones is 1. The molecule has 136 valence electrons. The minimum absolute atomic E-state index is 0.0522. The van der Waals surface area contributed by atoms with E-state index in [9.17, 15) is 19.5 Å². The number of allylic oxidation sites excluding steroid dienone is 1. The van der Waals surface area contributed by atoms with Gasteiger partial charge in [0, 0.05) is 5.57 Å². The van der Waals surface area contributed by atoms with Crippen molar-refractivity contribution in [2.45, 2.75) is 20.0 Å². The largest absolute Gasteiger partial charge is 0.478 e. The lowest BCUT2D eigenvalue weighted by molar-refractivity contribution is -0.111. The van der Waals surface area contributed by atoms with Crippen LogP contribution in [0.15, 0.2) is 60.2 Å². The minimum atomic E-state index is -1.22. The number of carboxylic acids is 1. The first kappa shape index (κ1) is 18.3. The molecule has 1 unspecified atom stereocenters. The summed E-state index contributed by atoms with van der Waals surface area (Å²) in [5.74, 6) is -2.24. The Kier molecular flexibility index (Phi) is 5.03. The molecule has 1 atom stereocenters. The molecule has 5 heteroatoms. The molecule has 1 N–H and O–H groups in total. The number of hydrogen-bond acceptors (Lipinski definition) is 4. The number of aromatic carboxylic acids is 1. The van der Waals surface area contributed by atoms with Gasteiger partial charge in [0.25, 0.3) is 0 Å². The third kappa shape index (κ3) is 3.87. The smallest absolute Gasteiger partial charge is 0.339 e. The van der Waals surface area contributed by atoms with E-state index in [4.69, 9.17) is 4.74 Å². The van der Waals surface area contributed by atoms with Crippen LogP contribution in [0.2, 0.25) is 0 Å². The molecule has 2 aromatic rings. The SMILES string of the molecule is Cc1ccc(C=C2C(=O)C=CC2OC(=O)c2ccccc2C(=O)O)c(C)c1. The van der Waals surface area contributed by atoms with Gasteiger partial charge in [0.15, 0.2) is 5.78 Å². The van der Waals surface area contributed by atoms with Crippen LogP contribution in [0, 0.1) is 13.8 Å². The molecule has 1 aliphatic rings. The molecule has 0 saturated carbocycles. The van der Waals surface area contributed by atoms with E-state index in [1.54, 1.807) is 12.1 Å². The molecule has 0 heterocycles. The maximum absolute atomic E-state index is 12.5. The highest BCUT2D eigenvalue weighted by Gasteiger charge is 2.28. The molecule has 3 rings (SSSR count). The predicted molar refractivity (Wildman–Crippen MR) is 101 cm³/mol. The van der Waals surface area contributed by atoms with E-state index < -0.39 is 18.0 Å². The van der Waals surface area contributed by atoms with Gasteiger partial charge in [0.2, 0.25) is 0 Å². The van der Waals surface area contributed by atoms with Crippen LogP contribution in [0.1, 0.15) is 37.4 Å². The van der Waals surface area contributed by atoms with Gasteiger partial charge in [-0.3, -0.25) is 4.79 Å². The Morgan fingerprint density at radius 1 is 1.07 bits per heavy atom. The molecule has 0 radical (unpaired) electrons. The Morgan fingerprint density at radius 2 is 1.78 bits per heavy atom. The molecular formula is C22H18O5. The summed E-state index contributed by atoms with van der Waals surface area (Å²) in [5.41, 5.74) is 3.12. The molecule has 2 aromatic carbocycles. The average molecular weight is 362 g/mol. The molecule has 1 aliphatic carbocycles. The van der Waals surface area contributed by atoms with Crippen molar-refractivity contribution in [2.24, 2.45) is 0 Å². The normalized spacial score (nSPS) is 17.3. The highest BCUT2D eigenvalue weighted by molar-refractivity contribution is 6.11. The monoisotopic (exact) mass is 362 g/mol. The number of aryl methyl sites for hydroxylation is 2. The topological polar surface area (TPSA) is 80.7 Å². The van der Waals surface area contributed by atoms with E-state index >= 15 is 0 Å². The van der Waals surface area contributed by atoms with Crippen molar-refractivity contribution < 1.29 is 24.2 Å². The van der Waals surface area contributed by atoms with Crippen molar-refractivity contribution in [3.63, 3.8) is 0 Å². The summed E-state index contributed by atoms with van der Waals surface area (Å²) in [7, 11) is 0. The van der Waals surface area contributed by atoms with Crippen LogP contribution in [0.5, 0.6) is 0 Å². The maximum atomic E-state index is 12.5. The van der Waals surface area contributed by atoms with Crippen molar-refractivity contribution in [3.8, 4) is 0 Å². The van der Waals surface area contributed by atoms with Crippen LogP contribution in [-0.4, -0.2) is 28.9 Å². The zero-order valence-corrected chi connectivity index (χ0v) is 14.9. The third-order valence-electron chi connectivity index (χ3n) is 4.36. The number of rotatable bonds is 4. The Morgan fingerprint density at radius 3 is 2.44 bits per heavy atom. The second-order valence-corrected chi connectivity index (χ2v) is 6.36. The van der Waals surface area contributed by atoms with Gasteiger partial charge in [-0.25, -0.2) is 9.59 Å². The standard InChI is InChI=1S/C22H18O5/c1-13-7-8-15(14(2)11-13)12-18-19(23)9-10-20(18)27-22(26)17-6-4-3-5-16(17)21(24)25/h3-12,20H,1-2H3,(H,24,25). The Labute approximate surface area is 156 Å².